The molecule has 22 heavy (non-hydrogen) atoms. The lowest BCUT2D eigenvalue weighted by molar-refractivity contribution is -0.117. The van der Waals surface area contributed by atoms with Gasteiger partial charge in [-0.05, 0) is 79.8 Å². The molecule has 0 aromatic heterocycles. The van der Waals surface area contributed by atoms with Crippen LogP contribution in [0, 0.1) is 39.9 Å². The van der Waals surface area contributed by atoms with E-state index in [-0.39, 0.29) is 22.7 Å². The van der Waals surface area contributed by atoms with Crippen LogP contribution in [0.2, 0.25) is 0 Å². The number of hydrogen-bond donors (Lipinski definition) is 1. The Balaban J connectivity index is 1.73. The van der Waals surface area contributed by atoms with Gasteiger partial charge in [-0.1, -0.05) is 6.92 Å². The number of hydrogen-bond acceptors (Lipinski definition) is 3. The molecule has 0 aromatic rings. The van der Waals surface area contributed by atoms with Gasteiger partial charge in [-0.15, -0.1) is 0 Å². The molecule has 1 N–H and O–H groups in total. The molecule has 3 nitrogen and oxygen atoms in total. The van der Waals surface area contributed by atoms with Crippen molar-refractivity contribution < 1.29 is 9.90 Å². The predicted molar refractivity (Wildman–Crippen MR) is 82.7 cm³/mol. The van der Waals surface area contributed by atoms with Crippen LogP contribution in [0.5, 0.6) is 0 Å². The molecule has 0 spiro atoms. The van der Waals surface area contributed by atoms with Crippen molar-refractivity contribution in [1.82, 2.24) is 0 Å². The molecule has 3 heteroatoms. The molecule has 0 bridgehead atoms. The van der Waals surface area contributed by atoms with Crippen molar-refractivity contribution in [2.75, 3.05) is 0 Å². The molecule has 0 heterocycles. The molecule has 0 unspecified atom stereocenters. The van der Waals surface area contributed by atoms with E-state index in [9.17, 15) is 15.2 Å². The molecule has 4 aliphatic rings. The average molecular weight is 299 g/mol. The van der Waals surface area contributed by atoms with Crippen LogP contribution in [0.25, 0.3) is 0 Å². The second-order valence-corrected chi connectivity index (χ2v) is 8.27. The third-order valence-corrected chi connectivity index (χ3v) is 7.64. The summed E-state index contributed by atoms with van der Waals surface area (Å²) in [6, 6.07) is 2.66. The van der Waals surface area contributed by atoms with E-state index in [1.165, 1.54) is 0 Å². The predicted octanol–water partition coefficient (Wildman–Crippen LogP) is 3.38. The third-order valence-electron chi connectivity index (χ3n) is 7.64. The van der Waals surface area contributed by atoms with Crippen LogP contribution in [0.15, 0.2) is 11.6 Å². The van der Waals surface area contributed by atoms with Crippen molar-refractivity contribution >= 4 is 5.78 Å². The first-order chi connectivity index (χ1) is 10.5. The zero-order valence-electron chi connectivity index (χ0n) is 13.3. The van der Waals surface area contributed by atoms with Gasteiger partial charge in [-0.25, -0.2) is 0 Å². The first kappa shape index (κ1) is 14.5. The number of aliphatic hydroxyl groups is 1. The fourth-order valence-corrected chi connectivity index (χ4v) is 6.40. The molecule has 0 radical (unpaired) electrons. The van der Waals surface area contributed by atoms with Gasteiger partial charge in [-0.3, -0.25) is 4.79 Å². The van der Waals surface area contributed by atoms with Gasteiger partial charge in [0, 0.05) is 6.42 Å². The molecular formula is C19H25NO2. The highest BCUT2D eigenvalue weighted by Crippen LogP contribution is 2.65. The number of aliphatic hydroxyl groups excluding tert-OH is 1. The van der Waals surface area contributed by atoms with Gasteiger partial charge in [0.2, 0.25) is 0 Å². The summed E-state index contributed by atoms with van der Waals surface area (Å²) in [6.45, 7) is 2.26. The van der Waals surface area contributed by atoms with Crippen LogP contribution in [0.3, 0.4) is 0 Å². The number of ketones is 1. The van der Waals surface area contributed by atoms with E-state index in [1.54, 1.807) is 6.08 Å². The zero-order chi connectivity index (χ0) is 15.5. The number of rotatable bonds is 0. The standard InChI is InChI=1S/C19H25NO2/c1-18-8-7-16-14(15(18)4-5-17(18)22)3-2-12-10-13(21)6-9-19(12,16)11-20/h10,14-17,22H,2-9H2,1H3/t14-,15-,16-,17-,18-,19+/m0/s1. The smallest absolute Gasteiger partial charge is 0.155 e. The van der Waals surface area contributed by atoms with Gasteiger partial charge in [0.05, 0.1) is 17.6 Å². The molecule has 4 aliphatic carbocycles. The third kappa shape index (κ3) is 1.68. The van der Waals surface area contributed by atoms with E-state index >= 15 is 0 Å². The molecule has 0 saturated heterocycles. The van der Waals surface area contributed by atoms with Gasteiger partial charge in [-0.2, -0.15) is 5.26 Å². The quantitative estimate of drug-likeness (QED) is 0.746. The molecule has 4 rings (SSSR count). The van der Waals surface area contributed by atoms with E-state index in [4.69, 9.17) is 0 Å². The zero-order valence-corrected chi connectivity index (χ0v) is 13.3. The Kier molecular flexibility index (Phi) is 3.07. The Morgan fingerprint density at radius 2 is 2.00 bits per heavy atom. The fraction of sp³-hybridized carbons (Fsp3) is 0.789. The van der Waals surface area contributed by atoms with E-state index in [1.807, 2.05) is 0 Å². The van der Waals surface area contributed by atoms with Crippen LogP contribution in [0.1, 0.15) is 58.3 Å². The van der Waals surface area contributed by atoms with Crippen LogP contribution in [-0.2, 0) is 4.79 Å². The van der Waals surface area contributed by atoms with Crippen molar-refractivity contribution in [3.8, 4) is 6.07 Å². The second-order valence-electron chi connectivity index (χ2n) is 8.27. The Bertz CT molecular complexity index is 589. The van der Waals surface area contributed by atoms with E-state index in [0.29, 0.717) is 24.2 Å². The van der Waals surface area contributed by atoms with Crippen molar-refractivity contribution in [1.29, 1.82) is 5.26 Å². The Morgan fingerprint density at radius 3 is 2.77 bits per heavy atom. The Hall–Kier alpha value is -1.14. The minimum atomic E-state index is -0.383. The van der Waals surface area contributed by atoms with Crippen LogP contribution < -0.4 is 0 Å². The lowest BCUT2D eigenvalue weighted by Crippen LogP contribution is -2.51. The second kappa shape index (κ2) is 4.68. The molecule has 0 aliphatic heterocycles. The highest BCUT2D eigenvalue weighted by molar-refractivity contribution is 5.92. The van der Waals surface area contributed by atoms with Gasteiger partial charge >= 0.3 is 0 Å². The average Bonchev–Trinajstić information content (AvgIpc) is 2.82. The summed E-state index contributed by atoms with van der Waals surface area (Å²) in [5.41, 5.74) is 0.796. The van der Waals surface area contributed by atoms with Crippen molar-refractivity contribution in [3.63, 3.8) is 0 Å². The number of nitrogens with zero attached hydrogens (tertiary/aromatic N) is 1. The number of nitriles is 1. The first-order valence-corrected chi connectivity index (χ1v) is 8.84. The molecule has 0 aromatic carbocycles. The van der Waals surface area contributed by atoms with Crippen LogP contribution >= 0.6 is 0 Å². The summed E-state index contributed by atoms with van der Waals surface area (Å²) >= 11 is 0. The van der Waals surface area contributed by atoms with Gasteiger partial charge in [0.25, 0.3) is 0 Å². The van der Waals surface area contributed by atoms with Gasteiger partial charge in [0.1, 0.15) is 0 Å². The monoisotopic (exact) mass is 299 g/mol. The largest absolute Gasteiger partial charge is 0.393 e. The summed E-state index contributed by atoms with van der Waals surface area (Å²) in [6.07, 6.45) is 8.99. The lowest BCUT2D eigenvalue weighted by atomic mass is 9.47. The minimum Gasteiger partial charge on any atom is -0.393 e. The van der Waals surface area contributed by atoms with E-state index in [0.717, 1.165) is 50.5 Å². The van der Waals surface area contributed by atoms with E-state index < -0.39 is 0 Å². The molecule has 0 amide bonds. The molecule has 3 fully saturated rings. The lowest BCUT2D eigenvalue weighted by Gasteiger charge is -2.56. The molecule has 3 saturated carbocycles. The summed E-state index contributed by atoms with van der Waals surface area (Å²) in [5.74, 6) is 1.72. The summed E-state index contributed by atoms with van der Waals surface area (Å²) < 4.78 is 0. The van der Waals surface area contributed by atoms with Crippen molar-refractivity contribution in [3.05, 3.63) is 11.6 Å². The Labute approximate surface area is 132 Å². The number of allylic oxidation sites excluding steroid dienone is 1. The Morgan fingerprint density at radius 1 is 1.18 bits per heavy atom. The number of carbonyl (C=O) groups excluding carboxylic acids is 1. The normalized spacial score (nSPS) is 50.4. The van der Waals surface area contributed by atoms with Gasteiger partial charge in [0.15, 0.2) is 5.78 Å². The SMILES string of the molecule is C[C@]12CC[C@H]3[C@@H](CCC4=CC(=O)CC[C@@]43C#N)[C@@H]1CC[C@@H]2O. The summed E-state index contributed by atoms with van der Waals surface area (Å²) in [4.78, 5) is 11.8. The van der Waals surface area contributed by atoms with Crippen LogP contribution in [-0.4, -0.2) is 17.0 Å². The summed E-state index contributed by atoms with van der Waals surface area (Å²) in [5, 5.41) is 20.4. The number of carbonyl (C=O) groups is 1. The summed E-state index contributed by atoms with van der Waals surface area (Å²) in [7, 11) is 0. The first-order valence-electron chi connectivity index (χ1n) is 8.84. The van der Waals surface area contributed by atoms with Gasteiger partial charge < -0.3 is 5.11 Å². The van der Waals surface area contributed by atoms with Crippen molar-refractivity contribution in [2.45, 2.75) is 64.4 Å². The highest BCUT2D eigenvalue weighted by Gasteiger charge is 2.60. The molecular weight excluding hydrogens is 274 g/mol. The molecule has 6 atom stereocenters. The van der Waals surface area contributed by atoms with Crippen LogP contribution in [0.4, 0.5) is 0 Å². The number of fused-ring (bicyclic) bond motifs is 5. The highest BCUT2D eigenvalue weighted by atomic mass is 16.3. The van der Waals surface area contributed by atoms with Crippen molar-refractivity contribution in [2.24, 2.45) is 28.6 Å². The maximum Gasteiger partial charge on any atom is 0.155 e. The maximum absolute atomic E-state index is 11.8. The fourth-order valence-electron chi connectivity index (χ4n) is 6.40. The minimum absolute atomic E-state index is 0.0590. The maximum atomic E-state index is 11.8. The topological polar surface area (TPSA) is 61.1 Å². The molecule has 118 valence electrons. The van der Waals surface area contributed by atoms with E-state index in [2.05, 4.69) is 13.0 Å².